The molecule has 1 aliphatic rings. The first kappa shape index (κ1) is 14.2. The minimum absolute atomic E-state index is 0. The van der Waals surface area contributed by atoms with Crippen molar-refractivity contribution in [1.29, 1.82) is 0 Å². The maximum absolute atomic E-state index is 13.0. The van der Waals surface area contributed by atoms with Crippen LogP contribution >= 0.6 is 12.4 Å². The number of rotatable bonds is 1. The summed E-state index contributed by atoms with van der Waals surface area (Å²) in [6.45, 7) is 0.513. The molecule has 2 N–H and O–H groups in total. The zero-order valence-electron chi connectivity index (χ0n) is 8.37. The summed E-state index contributed by atoms with van der Waals surface area (Å²) in [7, 11) is 0. The molecular formula is C8H9ClF5N3. The van der Waals surface area contributed by atoms with Gasteiger partial charge in [0.15, 0.2) is 0 Å². The Kier molecular flexibility index (Phi) is 3.68. The van der Waals surface area contributed by atoms with Gasteiger partial charge in [-0.05, 0) is 0 Å². The summed E-state index contributed by atoms with van der Waals surface area (Å²) < 4.78 is 62.5. The summed E-state index contributed by atoms with van der Waals surface area (Å²) in [6, 6.07) is 0. The van der Waals surface area contributed by atoms with Crippen molar-refractivity contribution in [2.24, 2.45) is 0 Å². The zero-order valence-corrected chi connectivity index (χ0v) is 9.18. The minimum Gasteiger partial charge on any atom is -0.312 e. The lowest BCUT2D eigenvalue weighted by atomic mass is 10.0. The number of aromatic nitrogens is 2. The van der Waals surface area contributed by atoms with Crippen molar-refractivity contribution >= 4 is 12.4 Å². The van der Waals surface area contributed by atoms with Gasteiger partial charge >= 0.3 is 12.1 Å². The van der Waals surface area contributed by atoms with E-state index < -0.39 is 17.8 Å². The molecule has 1 aliphatic heterocycles. The topological polar surface area (TPSA) is 40.7 Å². The average molecular weight is 278 g/mol. The van der Waals surface area contributed by atoms with Crippen molar-refractivity contribution in [3.05, 3.63) is 17.0 Å². The Morgan fingerprint density at radius 2 is 1.76 bits per heavy atom. The first-order valence-corrected chi connectivity index (χ1v) is 4.56. The van der Waals surface area contributed by atoms with Gasteiger partial charge in [-0.2, -0.15) is 27.1 Å². The molecular weight excluding hydrogens is 269 g/mol. The Labute approximate surface area is 99.2 Å². The van der Waals surface area contributed by atoms with Crippen LogP contribution in [0.3, 0.4) is 0 Å². The molecule has 0 saturated heterocycles. The van der Waals surface area contributed by atoms with E-state index in [1.165, 1.54) is 0 Å². The fourth-order valence-corrected chi connectivity index (χ4v) is 1.62. The molecule has 0 aliphatic carbocycles. The maximum atomic E-state index is 13.0. The molecule has 2 rings (SSSR count). The van der Waals surface area contributed by atoms with E-state index >= 15 is 0 Å². The molecule has 17 heavy (non-hydrogen) atoms. The molecule has 0 saturated carbocycles. The highest BCUT2D eigenvalue weighted by atomic mass is 35.5. The molecule has 98 valence electrons. The zero-order chi connectivity index (χ0) is 12.0. The van der Waals surface area contributed by atoms with Crippen LogP contribution in [0.15, 0.2) is 0 Å². The average Bonchev–Trinajstić information content (AvgIpc) is 2.59. The van der Waals surface area contributed by atoms with Crippen LogP contribution in [0.1, 0.15) is 17.0 Å². The standard InChI is InChI=1S/C8H8F5N3.ClH/c9-7(10,8(11,12)13)6-4-3-14-2-1-5(4)15-16-6;/h14H,1-3H2,(H,15,16);1H. The van der Waals surface area contributed by atoms with Crippen LogP contribution in [0.25, 0.3) is 0 Å². The lowest BCUT2D eigenvalue weighted by Gasteiger charge is -2.20. The lowest BCUT2D eigenvalue weighted by molar-refractivity contribution is -0.291. The molecule has 9 heteroatoms. The van der Waals surface area contributed by atoms with E-state index in [0.717, 1.165) is 0 Å². The third-order valence-corrected chi connectivity index (χ3v) is 2.46. The van der Waals surface area contributed by atoms with Crippen molar-refractivity contribution < 1.29 is 22.0 Å². The Morgan fingerprint density at radius 1 is 1.12 bits per heavy atom. The van der Waals surface area contributed by atoms with Crippen molar-refractivity contribution in [1.82, 2.24) is 15.5 Å². The minimum atomic E-state index is -5.62. The van der Waals surface area contributed by atoms with E-state index in [1.54, 1.807) is 0 Å². The molecule has 3 nitrogen and oxygen atoms in total. The van der Waals surface area contributed by atoms with Crippen molar-refractivity contribution in [3.63, 3.8) is 0 Å². The predicted molar refractivity (Wildman–Crippen MR) is 51.2 cm³/mol. The van der Waals surface area contributed by atoms with Crippen LogP contribution < -0.4 is 5.32 Å². The summed E-state index contributed by atoms with van der Waals surface area (Å²) in [5, 5.41) is 8.07. The van der Waals surface area contributed by atoms with Gasteiger partial charge in [0.25, 0.3) is 0 Å². The van der Waals surface area contributed by atoms with E-state index in [0.29, 0.717) is 18.7 Å². The van der Waals surface area contributed by atoms with E-state index in [9.17, 15) is 22.0 Å². The number of nitrogens with zero attached hydrogens (tertiary/aromatic N) is 1. The Bertz CT molecular complexity index is 400. The second-order valence-electron chi connectivity index (χ2n) is 3.53. The molecule has 0 radical (unpaired) electrons. The van der Waals surface area contributed by atoms with Crippen LogP contribution in [-0.2, 0) is 18.9 Å². The van der Waals surface area contributed by atoms with E-state index in [4.69, 9.17) is 0 Å². The molecule has 0 unspecified atom stereocenters. The van der Waals surface area contributed by atoms with Gasteiger partial charge in [0.2, 0.25) is 0 Å². The van der Waals surface area contributed by atoms with Gasteiger partial charge in [-0.3, -0.25) is 5.10 Å². The summed E-state index contributed by atoms with van der Waals surface area (Å²) in [5.74, 6) is -4.91. The molecule has 2 heterocycles. The molecule has 0 amide bonds. The largest absolute Gasteiger partial charge is 0.459 e. The highest BCUT2D eigenvalue weighted by molar-refractivity contribution is 5.85. The van der Waals surface area contributed by atoms with Gasteiger partial charge in [0.1, 0.15) is 5.69 Å². The first-order chi connectivity index (χ1) is 7.34. The third-order valence-electron chi connectivity index (χ3n) is 2.46. The number of aromatic amines is 1. The summed E-state index contributed by atoms with van der Waals surface area (Å²) >= 11 is 0. The lowest BCUT2D eigenvalue weighted by Crippen LogP contribution is -2.36. The second-order valence-corrected chi connectivity index (χ2v) is 3.53. The Morgan fingerprint density at radius 3 is 2.35 bits per heavy atom. The van der Waals surface area contributed by atoms with Gasteiger partial charge in [-0.1, -0.05) is 0 Å². The van der Waals surface area contributed by atoms with Crippen molar-refractivity contribution in [2.45, 2.75) is 25.1 Å². The van der Waals surface area contributed by atoms with E-state index in [1.807, 2.05) is 0 Å². The fourth-order valence-electron chi connectivity index (χ4n) is 1.62. The Hall–Kier alpha value is -0.890. The number of hydrogen-bond acceptors (Lipinski definition) is 2. The van der Waals surface area contributed by atoms with Crippen molar-refractivity contribution in [2.75, 3.05) is 6.54 Å². The predicted octanol–water partition coefficient (Wildman–Crippen LogP) is 2.13. The number of H-pyrrole nitrogens is 1. The number of alkyl halides is 5. The van der Waals surface area contributed by atoms with Crippen molar-refractivity contribution in [3.8, 4) is 0 Å². The highest BCUT2D eigenvalue weighted by Gasteiger charge is 2.61. The summed E-state index contributed by atoms with van der Waals surface area (Å²) in [5.41, 5.74) is -0.951. The van der Waals surface area contributed by atoms with Crippen LogP contribution in [0.2, 0.25) is 0 Å². The van der Waals surface area contributed by atoms with Gasteiger partial charge in [-0.25, -0.2) is 0 Å². The van der Waals surface area contributed by atoms with Crippen LogP contribution in [-0.4, -0.2) is 22.9 Å². The third kappa shape index (κ3) is 2.23. The Balaban J connectivity index is 0.00000144. The fraction of sp³-hybridized carbons (Fsp3) is 0.625. The normalized spacial score (nSPS) is 16.3. The molecule has 0 aromatic carbocycles. The number of fused-ring (bicyclic) bond motifs is 1. The van der Waals surface area contributed by atoms with Crippen LogP contribution in [0, 0.1) is 0 Å². The van der Waals surface area contributed by atoms with Crippen LogP contribution in [0.5, 0.6) is 0 Å². The molecule has 0 atom stereocenters. The van der Waals surface area contributed by atoms with Gasteiger partial charge in [-0.15, -0.1) is 12.4 Å². The van der Waals surface area contributed by atoms with E-state index in [-0.39, 0.29) is 24.5 Å². The van der Waals surface area contributed by atoms with Crippen LogP contribution in [0.4, 0.5) is 22.0 Å². The van der Waals surface area contributed by atoms with Gasteiger partial charge in [0.05, 0.1) is 0 Å². The molecule has 1 aromatic heterocycles. The maximum Gasteiger partial charge on any atom is 0.459 e. The van der Waals surface area contributed by atoms with Gasteiger partial charge < -0.3 is 5.32 Å². The summed E-state index contributed by atoms with van der Waals surface area (Å²) in [6.07, 6.45) is -5.25. The highest BCUT2D eigenvalue weighted by Crippen LogP contribution is 2.44. The molecule has 0 spiro atoms. The smallest absolute Gasteiger partial charge is 0.312 e. The molecule has 0 bridgehead atoms. The summed E-state index contributed by atoms with van der Waals surface area (Å²) in [4.78, 5) is 0. The SMILES string of the molecule is Cl.FC(F)(F)C(F)(F)c1n[nH]c2c1CNCC2. The molecule has 1 aromatic rings. The quantitative estimate of drug-likeness (QED) is 0.772. The first-order valence-electron chi connectivity index (χ1n) is 4.56. The van der Waals surface area contributed by atoms with E-state index in [2.05, 4.69) is 15.5 Å². The number of hydrogen-bond donors (Lipinski definition) is 2. The number of nitrogens with one attached hydrogen (secondary N) is 2. The number of halogens is 6. The van der Waals surface area contributed by atoms with Gasteiger partial charge in [0, 0.05) is 30.8 Å². The molecule has 0 fully saturated rings. The monoisotopic (exact) mass is 277 g/mol. The second kappa shape index (κ2) is 4.41.